The van der Waals surface area contributed by atoms with Gasteiger partial charge in [0, 0.05) is 12.2 Å². The summed E-state index contributed by atoms with van der Waals surface area (Å²) in [4.78, 5) is 0. The molecule has 0 saturated carbocycles. The lowest BCUT2D eigenvalue weighted by molar-refractivity contribution is 0.208. The summed E-state index contributed by atoms with van der Waals surface area (Å²) in [5.41, 5.74) is 9.58. The molecule has 0 spiro atoms. The molecule has 0 heterocycles. The lowest BCUT2D eigenvalue weighted by Crippen LogP contribution is -2.18. The topological polar surface area (TPSA) is 57.5 Å². The van der Waals surface area contributed by atoms with Crippen molar-refractivity contribution in [2.75, 3.05) is 13.2 Å². The monoisotopic (exact) mass is 307 g/mol. The van der Waals surface area contributed by atoms with E-state index in [2.05, 4.69) is 23.9 Å². The van der Waals surface area contributed by atoms with E-state index >= 15 is 0 Å². The van der Waals surface area contributed by atoms with Crippen LogP contribution in [0.4, 0.5) is 0 Å². The summed E-state index contributed by atoms with van der Waals surface area (Å²) in [6.45, 7) is 9.70. The Morgan fingerprint density at radius 2 is 2.05 bits per heavy atom. The van der Waals surface area contributed by atoms with Crippen molar-refractivity contribution in [2.24, 2.45) is 11.0 Å². The largest absolute Gasteiger partial charge is 0.499 e. The predicted octanol–water partition coefficient (Wildman–Crippen LogP) is 5.53. The molecule has 126 valence electrons. The van der Waals surface area contributed by atoms with E-state index in [0.717, 1.165) is 62.6 Å². The first-order chi connectivity index (χ1) is 10.6. The third-order valence-corrected chi connectivity index (χ3v) is 4.24. The van der Waals surface area contributed by atoms with Gasteiger partial charge in [-0.25, -0.2) is 5.53 Å². The van der Waals surface area contributed by atoms with Crippen molar-refractivity contribution in [3.8, 4) is 0 Å². The van der Waals surface area contributed by atoms with Crippen LogP contribution in [0.3, 0.4) is 0 Å². The van der Waals surface area contributed by atoms with Gasteiger partial charge in [0.25, 0.3) is 0 Å². The molecule has 4 heteroatoms. The highest BCUT2D eigenvalue weighted by molar-refractivity contribution is 5.11. The second-order valence-electron chi connectivity index (χ2n) is 6.46. The van der Waals surface area contributed by atoms with E-state index in [1.165, 1.54) is 31.4 Å². The summed E-state index contributed by atoms with van der Waals surface area (Å²) in [6.07, 6.45) is 10.3. The van der Waals surface area contributed by atoms with Crippen LogP contribution in [0.25, 0.3) is 0 Å². The molecule has 22 heavy (non-hydrogen) atoms. The zero-order chi connectivity index (χ0) is 16.2. The molecule has 4 nitrogen and oxygen atoms in total. The summed E-state index contributed by atoms with van der Waals surface area (Å²) < 4.78 is 5.36. The van der Waals surface area contributed by atoms with Gasteiger partial charge >= 0.3 is 0 Å². The lowest BCUT2D eigenvalue weighted by Gasteiger charge is -2.20. The van der Waals surface area contributed by atoms with Crippen LogP contribution >= 0.6 is 0 Å². The van der Waals surface area contributed by atoms with Gasteiger partial charge in [0.15, 0.2) is 0 Å². The number of allylic oxidation sites excluding steroid dienone is 3. The highest BCUT2D eigenvalue weighted by Crippen LogP contribution is 2.25. The molecule has 0 aliphatic heterocycles. The number of nitrogens with zero attached hydrogens (tertiary/aromatic N) is 1. The first-order valence-electron chi connectivity index (χ1n) is 8.75. The number of nitrogens with one attached hydrogen (secondary N) is 2. The summed E-state index contributed by atoms with van der Waals surface area (Å²) in [7, 11) is 0. The second-order valence-corrected chi connectivity index (χ2v) is 6.46. The van der Waals surface area contributed by atoms with Crippen LogP contribution < -0.4 is 5.32 Å². The normalized spacial score (nSPS) is 22.5. The van der Waals surface area contributed by atoms with Crippen molar-refractivity contribution in [3.63, 3.8) is 0 Å². The Kier molecular flexibility index (Phi) is 9.60. The molecule has 1 unspecified atom stereocenters. The van der Waals surface area contributed by atoms with Crippen LogP contribution in [-0.2, 0) is 4.74 Å². The Labute approximate surface area is 135 Å². The molecule has 0 radical (unpaired) electrons. The number of hydrogen-bond acceptors (Lipinski definition) is 4. The smallest absolute Gasteiger partial charge is 0.0876 e. The molecule has 1 aliphatic carbocycles. The van der Waals surface area contributed by atoms with Crippen LogP contribution in [0.2, 0.25) is 0 Å². The Balaban J connectivity index is 2.19. The first-order valence-corrected chi connectivity index (χ1v) is 8.75. The Morgan fingerprint density at radius 3 is 2.77 bits per heavy atom. The quantitative estimate of drug-likeness (QED) is 0.317. The van der Waals surface area contributed by atoms with Crippen molar-refractivity contribution in [2.45, 2.75) is 71.6 Å². The summed E-state index contributed by atoms with van der Waals surface area (Å²) in [6, 6.07) is 0. The Bertz CT molecular complexity index is 377. The fraction of sp³-hybridized carbons (Fsp3) is 0.778. The number of rotatable bonds is 10. The zero-order valence-electron chi connectivity index (χ0n) is 14.4. The number of unbranched alkanes of at least 4 members (excludes halogenated alkanes) is 3. The first kappa shape index (κ1) is 18.7. The van der Waals surface area contributed by atoms with Crippen LogP contribution in [0.5, 0.6) is 0 Å². The fourth-order valence-corrected chi connectivity index (χ4v) is 2.83. The van der Waals surface area contributed by atoms with Gasteiger partial charge in [0.1, 0.15) is 0 Å². The summed E-state index contributed by atoms with van der Waals surface area (Å²) in [5.74, 6) is 1.57. The molecule has 0 aromatic carbocycles. The van der Waals surface area contributed by atoms with Crippen molar-refractivity contribution >= 4 is 0 Å². The van der Waals surface area contributed by atoms with Crippen molar-refractivity contribution in [1.82, 2.24) is 5.32 Å². The van der Waals surface area contributed by atoms with Gasteiger partial charge in [0.2, 0.25) is 0 Å². The van der Waals surface area contributed by atoms with Crippen LogP contribution in [-0.4, -0.2) is 13.2 Å². The Morgan fingerprint density at radius 1 is 1.27 bits per heavy atom. The average molecular weight is 307 g/mol. The average Bonchev–Trinajstić information content (AvgIpc) is 2.47. The maximum atomic E-state index is 7.40. The van der Waals surface area contributed by atoms with Crippen molar-refractivity contribution in [3.05, 3.63) is 23.7 Å². The molecular formula is C18H33N3O. The molecule has 0 aromatic rings. The maximum Gasteiger partial charge on any atom is 0.0876 e. The van der Waals surface area contributed by atoms with Gasteiger partial charge in [-0.1, -0.05) is 32.8 Å². The van der Waals surface area contributed by atoms with Gasteiger partial charge in [0.05, 0.1) is 18.1 Å². The van der Waals surface area contributed by atoms with E-state index in [0.29, 0.717) is 0 Å². The highest BCUT2D eigenvalue weighted by Gasteiger charge is 2.13. The van der Waals surface area contributed by atoms with E-state index in [4.69, 9.17) is 10.3 Å². The van der Waals surface area contributed by atoms with Gasteiger partial charge in [-0.05, 0) is 51.4 Å². The molecule has 0 amide bonds. The van der Waals surface area contributed by atoms with E-state index in [1.54, 1.807) is 0 Å². The SMILES string of the molecule is C=C(C)OCCCCCCN/C1=C(\N=N)CCC(C)CCC1. The molecular weight excluding hydrogens is 274 g/mol. The summed E-state index contributed by atoms with van der Waals surface area (Å²) in [5, 5.41) is 7.30. The molecule has 0 bridgehead atoms. The minimum absolute atomic E-state index is 0.764. The maximum absolute atomic E-state index is 7.40. The van der Waals surface area contributed by atoms with Crippen molar-refractivity contribution < 1.29 is 4.74 Å². The van der Waals surface area contributed by atoms with E-state index in [1.807, 2.05) is 6.92 Å². The highest BCUT2D eigenvalue weighted by atomic mass is 16.5. The molecule has 1 rings (SSSR count). The van der Waals surface area contributed by atoms with E-state index in [-0.39, 0.29) is 0 Å². The molecule has 0 aromatic heterocycles. The molecule has 1 aliphatic rings. The van der Waals surface area contributed by atoms with E-state index < -0.39 is 0 Å². The molecule has 0 saturated heterocycles. The lowest BCUT2D eigenvalue weighted by atomic mass is 9.93. The van der Waals surface area contributed by atoms with Gasteiger partial charge < -0.3 is 10.1 Å². The number of hydrogen-bond donors (Lipinski definition) is 2. The van der Waals surface area contributed by atoms with Crippen LogP contribution in [0.15, 0.2) is 28.8 Å². The molecule has 1 atom stereocenters. The molecule has 2 N–H and O–H groups in total. The van der Waals surface area contributed by atoms with Crippen molar-refractivity contribution in [1.29, 1.82) is 5.53 Å². The number of ether oxygens (including phenoxy) is 1. The minimum atomic E-state index is 0.764. The Hall–Kier alpha value is -1.32. The second kappa shape index (κ2) is 11.3. The fourth-order valence-electron chi connectivity index (χ4n) is 2.83. The summed E-state index contributed by atoms with van der Waals surface area (Å²) >= 11 is 0. The standard InChI is InChI=1S/C18H33N3O/c1-15(2)22-14-7-5-4-6-13-20-17-10-8-9-16(3)11-12-18(17)21-19/h16,19-20H,1,4-14H2,2-3H3/b18-17-,21-19?. The molecule has 0 fully saturated rings. The minimum Gasteiger partial charge on any atom is -0.499 e. The van der Waals surface area contributed by atoms with Gasteiger partial charge in [-0.3, -0.25) is 0 Å². The zero-order valence-corrected chi connectivity index (χ0v) is 14.4. The van der Waals surface area contributed by atoms with Gasteiger partial charge in [-0.2, -0.15) is 5.11 Å². The van der Waals surface area contributed by atoms with Gasteiger partial charge in [-0.15, -0.1) is 0 Å². The third kappa shape index (κ3) is 8.20. The van der Waals surface area contributed by atoms with Crippen LogP contribution in [0, 0.1) is 11.4 Å². The van der Waals surface area contributed by atoms with E-state index in [9.17, 15) is 0 Å². The third-order valence-electron chi connectivity index (χ3n) is 4.24. The predicted molar refractivity (Wildman–Crippen MR) is 91.7 cm³/mol. The van der Waals surface area contributed by atoms with Crippen LogP contribution in [0.1, 0.15) is 71.6 Å².